The molecule has 0 aromatic heterocycles. The molecule has 1 atom stereocenters. The molecular weight excluding hydrogens is 186 g/mol. The molecule has 0 bridgehead atoms. The summed E-state index contributed by atoms with van der Waals surface area (Å²) in [6, 6.07) is 0. The van der Waals surface area contributed by atoms with Crippen LogP contribution in [0.25, 0.3) is 0 Å². The average molecular weight is 201 g/mol. The quantitative estimate of drug-likeness (QED) is 0.761. The van der Waals surface area contributed by atoms with Gasteiger partial charge in [0.1, 0.15) is 4.75 Å². The number of thioether (sulfide) groups is 1. The van der Waals surface area contributed by atoms with Gasteiger partial charge in [-0.05, 0) is 30.5 Å². The maximum atomic E-state index is 11.5. The third-order valence-corrected chi connectivity index (χ3v) is 3.55. The summed E-state index contributed by atoms with van der Waals surface area (Å²) in [5.74, 6) is 0.322. The fraction of sp³-hybridized carbons (Fsp3) is 0.778. The van der Waals surface area contributed by atoms with Crippen LogP contribution in [0.3, 0.4) is 0 Å². The first kappa shape index (κ1) is 10.6. The van der Waals surface area contributed by atoms with Crippen LogP contribution in [0.2, 0.25) is 0 Å². The number of rotatable bonds is 3. The monoisotopic (exact) mass is 201 g/mol. The zero-order valence-corrected chi connectivity index (χ0v) is 9.03. The van der Waals surface area contributed by atoms with Gasteiger partial charge in [-0.15, -0.1) is 0 Å². The molecule has 1 heterocycles. The summed E-state index contributed by atoms with van der Waals surface area (Å²) in [4.78, 5) is 22.6. The van der Waals surface area contributed by atoms with Gasteiger partial charge in [0.2, 0.25) is 5.91 Å². The van der Waals surface area contributed by atoms with E-state index in [9.17, 15) is 9.59 Å². The third-order valence-electron chi connectivity index (χ3n) is 2.23. The van der Waals surface area contributed by atoms with Crippen molar-refractivity contribution in [3.05, 3.63) is 0 Å². The molecule has 1 N–H and O–H groups in total. The molecule has 2 amide bonds. The van der Waals surface area contributed by atoms with Crippen molar-refractivity contribution in [1.29, 1.82) is 0 Å². The van der Waals surface area contributed by atoms with E-state index in [1.54, 1.807) is 0 Å². The van der Waals surface area contributed by atoms with Crippen molar-refractivity contribution in [2.24, 2.45) is 5.92 Å². The summed E-state index contributed by atoms with van der Waals surface area (Å²) >= 11 is 1.15. The smallest absolute Gasteiger partial charge is 0.286 e. The minimum absolute atomic E-state index is 0.112. The van der Waals surface area contributed by atoms with E-state index in [1.165, 1.54) is 0 Å². The molecule has 1 unspecified atom stereocenters. The highest BCUT2D eigenvalue weighted by atomic mass is 32.2. The predicted octanol–water partition coefficient (Wildman–Crippen LogP) is 2.16. The topological polar surface area (TPSA) is 46.2 Å². The van der Waals surface area contributed by atoms with Crippen LogP contribution in [-0.4, -0.2) is 15.9 Å². The van der Waals surface area contributed by atoms with Gasteiger partial charge >= 0.3 is 0 Å². The largest absolute Gasteiger partial charge is 0.286 e. The summed E-state index contributed by atoms with van der Waals surface area (Å²) in [7, 11) is 0. The lowest BCUT2D eigenvalue weighted by atomic mass is 9.93. The second-order valence-electron chi connectivity index (χ2n) is 3.79. The second-order valence-corrected chi connectivity index (χ2v) is 5.15. The number of imide groups is 1. The van der Waals surface area contributed by atoms with Crippen LogP contribution in [0.15, 0.2) is 0 Å². The lowest BCUT2D eigenvalue weighted by molar-refractivity contribution is -0.122. The summed E-state index contributed by atoms with van der Waals surface area (Å²) in [6.45, 7) is 6.08. The van der Waals surface area contributed by atoms with E-state index in [0.29, 0.717) is 12.3 Å². The standard InChI is InChI=1S/C9H15NO2S/c1-4-9(5-6(2)3)7(11)10-8(12)13-9/h6H,4-5H2,1-3H3,(H,10,11,12). The number of hydrogen-bond acceptors (Lipinski definition) is 3. The minimum atomic E-state index is -0.495. The number of carbonyl (C=O) groups excluding carboxylic acids is 2. The lowest BCUT2D eigenvalue weighted by Crippen LogP contribution is -2.37. The van der Waals surface area contributed by atoms with Crippen LogP contribution in [0, 0.1) is 5.92 Å². The van der Waals surface area contributed by atoms with Crippen molar-refractivity contribution >= 4 is 22.9 Å². The van der Waals surface area contributed by atoms with Crippen LogP contribution in [-0.2, 0) is 4.79 Å². The highest BCUT2D eigenvalue weighted by Crippen LogP contribution is 2.39. The number of nitrogens with one attached hydrogen (secondary N) is 1. The van der Waals surface area contributed by atoms with Gasteiger partial charge < -0.3 is 0 Å². The first-order valence-electron chi connectivity index (χ1n) is 4.54. The van der Waals surface area contributed by atoms with E-state index in [4.69, 9.17) is 0 Å². The molecule has 1 aliphatic heterocycles. The predicted molar refractivity (Wildman–Crippen MR) is 53.6 cm³/mol. The zero-order chi connectivity index (χ0) is 10.1. The van der Waals surface area contributed by atoms with E-state index >= 15 is 0 Å². The van der Waals surface area contributed by atoms with E-state index in [2.05, 4.69) is 19.2 Å². The second kappa shape index (κ2) is 3.70. The van der Waals surface area contributed by atoms with Gasteiger partial charge in [0.05, 0.1) is 0 Å². The van der Waals surface area contributed by atoms with Crippen molar-refractivity contribution in [2.45, 2.75) is 38.4 Å². The number of amides is 2. The minimum Gasteiger partial charge on any atom is -0.286 e. The highest BCUT2D eigenvalue weighted by molar-refractivity contribution is 8.16. The summed E-state index contributed by atoms with van der Waals surface area (Å²) in [5.41, 5.74) is 0. The SMILES string of the molecule is CCC1(CC(C)C)SC(=O)NC1=O. The zero-order valence-electron chi connectivity index (χ0n) is 8.22. The molecule has 1 aliphatic rings. The van der Waals surface area contributed by atoms with E-state index in [1.807, 2.05) is 6.92 Å². The van der Waals surface area contributed by atoms with Crippen molar-refractivity contribution in [2.75, 3.05) is 0 Å². The first-order valence-corrected chi connectivity index (χ1v) is 5.36. The Hall–Kier alpha value is -0.510. The van der Waals surface area contributed by atoms with Gasteiger partial charge in [-0.2, -0.15) is 0 Å². The van der Waals surface area contributed by atoms with Crippen LogP contribution in [0.5, 0.6) is 0 Å². The molecule has 1 saturated heterocycles. The Kier molecular flexibility index (Phi) is 3.01. The van der Waals surface area contributed by atoms with Crippen molar-refractivity contribution < 1.29 is 9.59 Å². The molecule has 0 aromatic carbocycles. The van der Waals surface area contributed by atoms with E-state index in [0.717, 1.165) is 18.2 Å². The fourth-order valence-electron chi connectivity index (χ4n) is 1.63. The molecule has 3 nitrogen and oxygen atoms in total. The molecule has 1 rings (SSSR count). The third kappa shape index (κ3) is 2.05. The Morgan fingerprint density at radius 1 is 1.46 bits per heavy atom. The molecule has 0 aromatic rings. The summed E-state index contributed by atoms with van der Waals surface area (Å²) in [6.07, 6.45) is 1.49. The molecule has 0 spiro atoms. The average Bonchev–Trinajstić information content (AvgIpc) is 2.26. The maximum Gasteiger partial charge on any atom is 0.286 e. The maximum absolute atomic E-state index is 11.5. The van der Waals surface area contributed by atoms with Crippen LogP contribution < -0.4 is 5.32 Å². The Morgan fingerprint density at radius 2 is 2.08 bits per heavy atom. The summed E-state index contributed by atoms with van der Waals surface area (Å²) in [5, 5.41) is 2.15. The van der Waals surface area contributed by atoms with Crippen molar-refractivity contribution in [3.63, 3.8) is 0 Å². The Bertz CT molecular complexity index is 240. The Balaban J connectivity index is 2.80. The number of hydrogen-bond donors (Lipinski definition) is 1. The van der Waals surface area contributed by atoms with Gasteiger partial charge in [0.25, 0.3) is 5.24 Å². The molecule has 13 heavy (non-hydrogen) atoms. The van der Waals surface area contributed by atoms with Crippen LogP contribution in [0.1, 0.15) is 33.6 Å². The molecule has 4 heteroatoms. The Morgan fingerprint density at radius 3 is 2.38 bits per heavy atom. The Labute approximate surface area is 82.6 Å². The molecule has 74 valence electrons. The first-order chi connectivity index (χ1) is 6.00. The van der Waals surface area contributed by atoms with Crippen molar-refractivity contribution in [1.82, 2.24) is 5.32 Å². The van der Waals surface area contributed by atoms with Gasteiger partial charge in [0, 0.05) is 0 Å². The fourth-order valence-corrected chi connectivity index (χ4v) is 2.83. The molecule has 0 aliphatic carbocycles. The van der Waals surface area contributed by atoms with Crippen LogP contribution in [0.4, 0.5) is 4.79 Å². The van der Waals surface area contributed by atoms with Gasteiger partial charge in [-0.25, -0.2) is 0 Å². The molecule has 0 radical (unpaired) electrons. The van der Waals surface area contributed by atoms with E-state index < -0.39 is 4.75 Å². The van der Waals surface area contributed by atoms with Gasteiger partial charge in [-0.1, -0.05) is 20.8 Å². The molecular formula is C9H15NO2S. The van der Waals surface area contributed by atoms with Gasteiger partial charge in [-0.3, -0.25) is 14.9 Å². The summed E-state index contributed by atoms with van der Waals surface area (Å²) < 4.78 is -0.495. The van der Waals surface area contributed by atoms with Crippen LogP contribution >= 0.6 is 11.8 Å². The molecule has 1 fully saturated rings. The van der Waals surface area contributed by atoms with Gasteiger partial charge in [0.15, 0.2) is 0 Å². The number of carbonyl (C=O) groups is 2. The van der Waals surface area contributed by atoms with Crippen molar-refractivity contribution in [3.8, 4) is 0 Å². The normalized spacial score (nSPS) is 28.3. The molecule has 0 saturated carbocycles. The van der Waals surface area contributed by atoms with E-state index in [-0.39, 0.29) is 11.1 Å². The lowest BCUT2D eigenvalue weighted by Gasteiger charge is -2.23. The highest BCUT2D eigenvalue weighted by Gasteiger charge is 2.46.